The van der Waals surface area contributed by atoms with Crippen molar-refractivity contribution in [3.8, 4) is 0 Å². The zero-order valence-electron chi connectivity index (χ0n) is 12.4. The van der Waals surface area contributed by atoms with Crippen LogP contribution in [-0.4, -0.2) is 43.0 Å². The van der Waals surface area contributed by atoms with Gasteiger partial charge in [-0.1, -0.05) is 29.9 Å². The van der Waals surface area contributed by atoms with Gasteiger partial charge in [-0.15, -0.1) is 0 Å². The number of thiocarbonyl (C=S) groups is 1. The number of amides is 1. The van der Waals surface area contributed by atoms with Crippen molar-refractivity contribution in [2.75, 3.05) is 32.1 Å². The third-order valence-corrected chi connectivity index (χ3v) is 3.46. The lowest BCUT2D eigenvalue weighted by Gasteiger charge is -2.22. The Morgan fingerprint density at radius 1 is 1.15 bits per heavy atom. The number of carbonyl (C=O) groups excluding carboxylic acids is 1. The van der Waals surface area contributed by atoms with E-state index < -0.39 is 0 Å². The van der Waals surface area contributed by atoms with Crippen LogP contribution in [-0.2, 0) is 4.79 Å². The number of anilines is 1. The molecule has 0 saturated carbocycles. The van der Waals surface area contributed by atoms with E-state index in [2.05, 4.69) is 36.1 Å². The van der Waals surface area contributed by atoms with Gasteiger partial charge >= 0.3 is 0 Å². The van der Waals surface area contributed by atoms with E-state index in [-0.39, 0.29) is 5.91 Å². The molecule has 1 rings (SSSR count). The number of nitrogens with two attached hydrogens (primary N) is 1. The summed E-state index contributed by atoms with van der Waals surface area (Å²) >= 11 is 4.81. The number of carbonyl (C=O) groups is 1. The van der Waals surface area contributed by atoms with E-state index in [1.165, 1.54) is 5.56 Å². The highest BCUT2D eigenvalue weighted by Gasteiger charge is 2.10. The molecule has 0 spiro atoms. The van der Waals surface area contributed by atoms with Gasteiger partial charge in [0.1, 0.15) is 0 Å². The molecule has 0 fully saturated rings. The SMILES string of the molecule is Cc1ccc(N(C)CCC(=O)N(C)CCC(N)=S)cc1. The lowest BCUT2D eigenvalue weighted by Crippen LogP contribution is -2.32. The van der Waals surface area contributed by atoms with Crippen LogP contribution >= 0.6 is 12.2 Å². The molecule has 0 aliphatic carbocycles. The molecule has 2 N–H and O–H groups in total. The Labute approximate surface area is 126 Å². The molecular weight excluding hydrogens is 270 g/mol. The number of benzene rings is 1. The Morgan fingerprint density at radius 2 is 1.75 bits per heavy atom. The van der Waals surface area contributed by atoms with E-state index in [0.717, 1.165) is 5.69 Å². The Balaban J connectivity index is 2.40. The molecule has 0 atom stereocenters. The summed E-state index contributed by atoms with van der Waals surface area (Å²) in [6.07, 6.45) is 1.06. The van der Waals surface area contributed by atoms with Crippen molar-refractivity contribution in [2.45, 2.75) is 19.8 Å². The highest BCUT2D eigenvalue weighted by Crippen LogP contribution is 2.13. The first kappa shape index (κ1) is 16.4. The lowest BCUT2D eigenvalue weighted by molar-refractivity contribution is -0.129. The largest absolute Gasteiger partial charge is 0.393 e. The molecule has 0 aromatic heterocycles. The molecule has 1 aromatic rings. The van der Waals surface area contributed by atoms with E-state index in [0.29, 0.717) is 30.9 Å². The Kier molecular flexibility index (Phi) is 6.45. The van der Waals surface area contributed by atoms with E-state index >= 15 is 0 Å². The number of nitrogens with zero attached hydrogens (tertiary/aromatic N) is 2. The van der Waals surface area contributed by atoms with E-state index in [9.17, 15) is 4.79 Å². The van der Waals surface area contributed by atoms with Crippen molar-refractivity contribution in [2.24, 2.45) is 5.73 Å². The summed E-state index contributed by atoms with van der Waals surface area (Å²) in [4.78, 5) is 16.2. The van der Waals surface area contributed by atoms with Crippen LogP contribution in [0.25, 0.3) is 0 Å². The van der Waals surface area contributed by atoms with Gasteiger partial charge in [0.25, 0.3) is 0 Å². The quantitative estimate of drug-likeness (QED) is 0.781. The lowest BCUT2D eigenvalue weighted by atomic mass is 10.2. The molecular formula is C15H23N3OS. The molecule has 0 bridgehead atoms. The molecule has 4 nitrogen and oxygen atoms in total. The van der Waals surface area contributed by atoms with Gasteiger partial charge in [0.2, 0.25) is 5.91 Å². The number of aryl methyl sites for hydroxylation is 1. The second kappa shape index (κ2) is 7.85. The minimum Gasteiger partial charge on any atom is -0.393 e. The van der Waals surface area contributed by atoms with E-state index in [1.54, 1.807) is 11.9 Å². The topological polar surface area (TPSA) is 49.6 Å². The van der Waals surface area contributed by atoms with Crippen molar-refractivity contribution < 1.29 is 4.79 Å². The average Bonchev–Trinajstić information content (AvgIpc) is 2.42. The highest BCUT2D eigenvalue weighted by molar-refractivity contribution is 7.80. The van der Waals surface area contributed by atoms with E-state index in [4.69, 9.17) is 18.0 Å². The molecule has 110 valence electrons. The van der Waals surface area contributed by atoms with Crippen LogP contribution in [0.15, 0.2) is 24.3 Å². The Bertz CT molecular complexity index is 459. The third kappa shape index (κ3) is 5.57. The fourth-order valence-corrected chi connectivity index (χ4v) is 1.88. The van der Waals surface area contributed by atoms with Crippen molar-refractivity contribution in [3.05, 3.63) is 29.8 Å². The summed E-state index contributed by atoms with van der Waals surface area (Å²) < 4.78 is 0. The zero-order chi connectivity index (χ0) is 15.1. The van der Waals surface area contributed by atoms with Gasteiger partial charge in [-0.2, -0.15) is 0 Å². The van der Waals surface area contributed by atoms with Gasteiger partial charge in [0, 0.05) is 45.7 Å². The number of rotatable bonds is 7. The van der Waals surface area contributed by atoms with Crippen molar-refractivity contribution in [3.63, 3.8) is 0 Å². The van der Waals surface area contributed by atoms with Crippen LogP contribution in [0.4, 0.5) is 5.69 Å². The first-order valence-corrected chi connectivity index (χ1v) is 7.11. The van der Waals surface area contributed by atoms with Crippen molar-refractivity contribution >= 4 is 28.8 Å². The van der Waals surface area contributed by atoms with Gasteiger partial charge in [-0.25, -0.2) is 0 Å². The molecule has 0 radical (unpaired) electrons. The number of hydrogen-bond acceptors (Lipinski definition) is 3. The highest BCUT2D eigenvalue weighted by atomic mass is 32.1. The summed E-state index contributed by atoms with van der Waals surface area (Å²) in [5, 5.41) is 0. The molecule has 5 heteroatoms. The molecule has 20 heavy (non-hydrogen) atoms. The van der Waals surface area contributed by atoms with Crippen LogP contribution in [0.5, 0.6) is 0 Å². The van der Waals surface area contributed by atoms with Gasteiger partial charge in [-0.3, -0.25) is 4.79 Å². The Morgan fingerprint density at radius 3 is 2.30 bits per heavy atom. The van der Waals surface area contributed by atoms with Gasteiger partial charge < -0.3 is 15.5 Å². The second-order valence-electron chi connectivity index (χ2n) is 5.04. The first-order valence-electron chi connectivity index (χ1n) is 6.70. The maximum Gasteiger partial charge on any atom is 0.224 e. The van der Waals surface area contributed by atoms with E-state index in [1.807, 2.05) is 7.05 Å². The number of hydrogen-bond donors (Lipinski definition) is 1. The standard InChI is InChI=1S/C15H23N3OS/c1-12-4-6-13(7-5-12)17(2)11-9-15(19)18(3)10-8-14(16)20/h4-7H,8-11H2,1-3H3,(H2,16,20). The normalized spacial score (nSPS) is 10.2. The van der Waals surface area contributed by atoms with Crippen LogP contribution in [0.1, 0.15) is 18.4 Å². The minimum absolute atomic E-state index is 0.111. The molecule has 0 aliphatic rings. The first-order chi connectivity index (χ1) is 9.40. The van der Waals surface area contributed by atoms with Crippen molar-refractivity contribution in [1.29, 1.82) is 0 Å². The van der Waals surface area contributed by atoms with Crippen LogP contribution in [0.2, 0.25) is 0 Å². The molecule has 0 saturated heterocycles. The summed E-state index contributed by atoms with van der Waals surface area (Å²) in [6.45, 7) is 3.34. The third-order valence-electron chi connectivity index (χ3n) is 3.26. The minimum atomic E-state index is 0.111. The molecule has 1 amide bonds. The van der Waals surface area contributed by atoms with Gasteiger partial charge in [0.05, 0.1) is 4.99 Å². The van der Waals surface area contributed by atoms with Crippen LogP contribution < -0.4 is 10.6 Å². The van der Waals surface area contributed by atoms with Crippen molar-refractivity contribution in [1.82, 2.24) is 4.90 Å². The summed E-state index contributed by atoms with van der Waals surface area (Å²) in [6, 6.07) is 8.27. The van der Waals surface area contributed by atoms with Gasteiger partial charge in [-0.05, 0) is 19.1 Å². The van der Waals surface area contributed by atoms with Crippen LogP contribution in [0, 0.1) is 6.92 Å². The zero-order valence-corrected chi connectivity index (χ0v) is 13.2. The predicted molar refractivity (Wildman–Crippen MR) is 88.1 cm³/mol. The maximum absolute atomic E-state index is 12.0. The average molecular weight is 293 g/mol. The van der Waals surface area contributed by atoms with Gasteiger partial charge in [0.15, 0.2) is 0 Å². The molecule has 0 aliphatic heterocycles. The fourth-order valence-electron chi connectivity index (χ4n) is 1.79. The summed E-state index contributed by atoms with van der Waals surface area (Å²) in [7, 11) is 3.78. The van der Waals surface area contributed by atoms with Crippen LogP contribution in [0.3, 0.4) is 0 Å². The molecule has 0 unspecified atom stereocenters. The fraction of sp³-hybridized carbons (Fsp3) is 0.467. The summed E-state index contributed by atoms with van der Waals surface area (Å²) in [5.74, 6) is 0.111. The summed E-state index contributed by atoms with van der Waals surface area (Å²) in [5.41, 5.74) is 7.79. The monoisotopic (exact) mass is 293 g/mol. The smallest absolute Gasteiger partial charge is 0.224 e. The second-order valence-corrected chi connectivity index (χ2v) is 5.56. The molecule has 0 heterocycles. The maximum atomic E-state index is 12.0. The molecule has 1 aromatic carbocycles. The predicted octanol–water partition coefficient (Wildman–Crippen LogP) is 1.96. The Hall–Kier alpha value is -1.62.